The highest BCUT2D eigenvalue weighted by Crippen LogP contribution is 2.44. The Hall–Kier alpha value is -2.20. The van der Waals surface area contributed by atoms with E-state index < -0.39 is 0 Å². The van der Waals surface area contributed by atoms with Crippen LogP contribution in [0.25, 0.3) is 5.57 Å². The van der Waals surface area contributed by atoms with Gasteiger partial charge in [-0.2, -0.15) is 0 Å². The van der Waals surface area contributed by atoms with Crippen LogP contribution in [0.5, 0.6) is 0 Å². The molecule has 2 atom stereocenters. The molecule has 4 nitrogen and oxygen atoms in total. The van der Waals surface area contributed by atoms with E-state index in [1.54, 1.807) is 0 Å². The second-order valence-corrected chi connectivity index (χ2v) is 8.02. The first kappa shape index (κ1) is 16.0. The van der Waals surface area contributed by atoms with Crippen LogP contribution >= 0.6 is 0 Å². The topological polar surface area (TPSA) is 63.8 Å². The van der Waals surface area contributed by atoms with Crippen molar-refractivity contribution in [2.45, 2.75) is 62.9 Å². The number of hydrogen-bond donors (Lipinski definition) is 2. The van der Waals surface area contributed by atoms with Crippen molar-refractivity contribution in [1.82, 2.24) is 9.97 Å². The molecule has 3 N–H and O–H groups in total. The maximum atomic E-state index is 6.14. The molecule has 3 aliphatic rings. The molecular formula is C22H26N4. The molecule has 1 aromatic heterocycles. The summed E-state index contributed by atoms with van der Waals surface area (Å²) in [6.45, 7) is 0. The van der Waals surface area contributed by atoms with Gasteiger partial charge in [0.2, 0.25) is 5.95 Å². The fourth-order valence-corrected chi connectivity index (χ4v) is 4.42. The van der Waals surface area contributed by atoms with Gasteiger partial charge in [-0.3, -0.25) is 0 Å². The predicted molar refractivity (Wildman–Crippen MR) is 105 cm³/mol. The van der Waals surface area contributed by atoms with Crippen molar-refractivity contribution in [1.29, 1.82) is 0 Å². The molecule has 5 rings (SSSR count). The van der Waals surface area contributed by atoms with E-state index in [1.165, 1.54) is 41.5 Å². The lowest BCUT2D eigenvalue weighted by Gasteiger charge is -2.27. The monoisotopic (exact) mass is 346 g/mol. The van der Waals surface area contributed by atoms with Crippen LogP contribution in [-0.4, -0.2) is 22.1 Å². The first-order valence-electron chi connectivity index (χ1n) is 9.96. The predicted octanol–water partition coefficient (Wildman–Crippen LogP) is 4.02. The van der Waals surface area contributed by atoms with Crippen LogP contribution in [0, 0.1) is 0 Å². The Morgan fingerprint density at radius 1 is 1.08 bits per heavy atom. The minimum absolute atomic E-state index is 0.302. The Balaban J connectivity index is 1.48. The van der Waals surface area contributed by atoms with Crippen molar-refractivity contribution in [3.8, 4) is 0 Å². The summed E-state index contributed by atoms with van der Waals surface area (Å²) < 4.78 is 0. The second-order valence-electron chi connectivity index (χ2n) is 8.02. The highest BCUT2D eigenvalue weighted by molar-refractivity contribution is 5.84. The summed E-state index contributed by atoms with van der Waals surface area (Å²) in [7, 11) is 0. The molecule has 0 saturated heterocycles. The van der Waals surface area contributed by atoms with E-state index in [0.29, 0.717) is 18.0 Å². The van der Waals surface area contributed by atoms with Gasteiger partial charge in [0.15, 0.2) is 0 Å². The first-order chi connectivity index (χ1) is 12.8. The number of allylic oxidation sites excluding steroid dienone is 1. The van der Waals surface area contributed by atoms with Crippen LogP contribution in [0.1, 0.15) is 66.8 Å². The Bertz CT molecular complexity index is 853. The van der Waals surface area contributed by atoms with E-state index in [2.05, 4.69) is 46.8 Å². The molecular weight excluding hydrogens is 320 g/mol. The number of anilines is 1. The molecule has 1 aromatic carbocycles. The van der Waals surface area contributed by atoms with Crippen molar-refractivity contribution in [3.63, 3.8) is 0 Å². The molecule has 0 radical (unpaired) electrons. The SMILES string of the molecule is N[C@H]1CCC[C@@H](Nc2ncc(C3CC3)c(C3=CCc4ccccc43)n2)C1. The number of nitrogens with two attached hydrogens (primary N) is 1. The smallest absolute Gasteiger partial charge is 0.223 e. The van der Waals surface area contributed by atoms with Gasteiger partial charge in [0.25, 0.3) is 0 Å². The van der Waals surface area contributed by atoms with Crippen LogP contribution < -0.4 is 11.1 Å². The summed E-state index contributed by atoms with van der Waals surface area (Å²) in [4.78, 5) is 9.66. The van der Waals surface area contributed by atoms with Gasteiger partial charge in [-0.25, -0.2) is 9.97 Å². The standard InChI is InChI=1S/C22H26N4/c23-16-5-3-6-17(12-16)25-22-24-13-20(15-8-9-15)21(26-22)19-11-10-14-4-1-2-7-18(14)19/h1-2,4,7,11,13,15-17H,3,5-6,8-10,12,23H2,(H,24,25,26)/t16-,17+/m0/s1. The number of rotatable bonds is 4. The molecule has 3 aliphatic carbocycles. The Morgan fingerprint density at radius 3 is 2.81 bits per heavy atom. The van der Waals surface area contributed by atoms with Crippen molar-refractivity contribution in [2.24, 2.45) is 5.73 Å². The van der Waals surface area contributed by atoms with E-state index in [4.69, 9.17) is 10.7 Å². The van der Waals surface area contributed by atoms with Crippen LogP contribution in [0.3, 0.4) is 0 Å². The van der Waals surface area contributed by atoms with E-state index in [1.807, 2.05) is 0 Å². The molecule has 4 heteroatoms. The molecule has 2 fully saturated rings. The molecule has 26 heavy (non-hydrogen) atoms. The lowest BCUT2D eigenvalue weighted by atomic mass is 9.92. The van der Waals surface area contributed by atoms with Crippen molar-refractivity contribution >= 4 is 11.5 Å². The van der Waals surface area contributed by atoms with Crippen LogP contribution in [0.15, 0.2) is 36.5 Å². The Kier molecular flexibility index (Phi) is 4.01. The minimum Gasteiger partial charge on any atom is -0.351 e. The quantitative estimate of drug-likeness (QED) is 0.877. The van der Waals surface area contributed by atoms with Crippen molar-refractivity contribution in [3.05, 3.63) is 58.9 Å². The molecule has 0 amide bonds. The van der Waals surface area contributed by atoms with E-state index in [-0.39, 0.29) is 0 Å². The van der Waals surface area contributed by atoms with E-state index >= 15 is 0 Å². The first-order valence-corrected chi connectivity index (χ1v) is 9.96. The molecule has 0 unspecified atom stereocenters. The zero-order valence-electron chi connectivity index (χ0n) is 15.1. The Morgan fingerprint density at radius 2 is 1.96 bits per heavy atom. The van der Waals surface area contributed by atoms with Crippen LogP contribution in [0.2, 0.25) is 0 Å². The summed E-state index contributed by atoms with van der Waals surface area (Å²) in [6, 6.07) is 9.38. The van der Waals surface area contributed by atoms with Crippen molar-refractivity contribution in [2.75, 3.05) is 5.32 Å². The third-order valence-electron chi connectivity index (χ3n) is 5.97. The third kappa shape index (κ3) is 3.03. The minimum atomic E-state index is 0.302. The summed E-state index contributed by atoms with van der Waals surface area (Å²) in [6.07, 6.45) is 12.4. The van der Waals surface area contributed by atoms with E-state index in [0.717, 1.165) is 37.3 Å². The number of fused-ring (bicyclic) bond motifs is 1. The second kappa shape index (κ2) is 6.51. The summed E-state index contributed by atoms with van der Waals surface area (Å²) in [5, 5.41) is 3.56. The number of nitrogens with one attached hydrogen (secondary N) is 1. The van der Waals surface area contributed by atoms with Crippen molar-refractivity contribution < 1.29 is 0 Å². The van der Waals surface area contributed by atoms with E-state index in [9.17, 15) is 0 Å². The average molecular weight is 346 g/mol. The fraction of sp³-hybridized carbons (Fsp3) is 0.455. The van der Waals surface area contributed by atoms with Gasteiger partial charge < -0.3 is 11.1 Å². The summed E-state index contributed by atoms with van der Waals surface area (Å²) >= 11 is 0. The summed E-state index contributed by atoms with van der Waals surface area (Å²) in [5.74, 6) is 1.39. The third-order valence-corrected chi connectivity index (χ3v) is 5.97. The molecule has 1 heterocycles. The average Bonchev–Trinajstić information content (AvgIpc) is 3.40. The molecule has 0 spiro atoms. The number of hydrogen-bond acceptors (Lipinski definition) is 4. The maximum absolute atomic E-state index is 6.14. The summed E-state index contributed by atoms with van der Waals surface area (Å²) in [5.41, 5.74) is 12.6. The highest BCUT2D eigenvalue weighted by atomic mass is 15.1. The van der Waals surface area contributed by atoms with Crippen LogP contribution in [0.4, 0.5) is 5.95 Å². The van der Waals surface area contributed by atoms with Gasteiger partial charge in [0, 0.05) is 29.4 Å². The van der Waals surface area contributed by atoms with Gasteiger partial charge in [-0.15, -0.1) is 0 Å². The van der Waals surface area contributed by atoms with Gasteiger partial charge in [0.1, 0.15) is 0 Å². The van der Waals surface area contributed by atoms with Gasteiger partial charge >= 0.3 is 0 Å². The zero-order valence-corrected chi connectivity index (χ0v) is 15.1. The molecule has 0 bridgehead atoms. The number of nitrogens with zero attached hydrogens (tertiary/aromatic N) is 2. The number of benzene rings is 1. The normalized spacial score (nSPS) is 24.9. The zero-order chi connectivity index (χ0) is 17.5. The Labute approximate surface area is 154 Å². The van der Waals surface area contributed by atoms with Gasteiger partial charge in [-0.05, 0) is 62.0 Å². The van der Waals surface area contributed by atoms with Gasteiger partial charge in [0.05, 0.1) is 5.69 Å². The molecule has 134 valence electrons. The lowest BCUT2D eigenvalue weighted by Crippen LogP contribution is -2.35. The lowest BCUT2D eigenvalue weighted by molar-refractivity contribution is 0.408. The molecule has 2 aromatic rings. The van der Waals surface area contributed by atoms with Crippen LogP contribution in [-0.2, 0) is 6.42 Å². The molecule has 0 aliphatic heterocycles. The molecule has 2 saturated carbocycles. The highest BCUT2D eigenvalue weighted by Gasteiger charge is 2.30. The van der Waals surface area contributed by atoms with Gasteiger partial charge in [-0.1, -0.05) is 30.3 Å². The maximum Gasteiger partial charge on any atom is 0.223 e. The largest absolute Gasteiger partial charge is 0.351 e. The number of aromatic nitrogens is 2. The fourth-order valence-electron chi connectivity index (χ4n) is 4.42.